The quantitative estimate of drug-likeness (QED) is 0.649. The van der Waals surface area contributed by atoms with Crippen LogP contribution in [0, 0.1) is 15.9 Å². The number of nitrogens with one attached hydrogen (secondary N) is 1. The first-order valence-corrected chi connectivity index (χ1v) is 5.20. The highest BCUT2D eigenvalue weighted by Crippen LogP contribution is 2.19. The van der Waals surface area contributed by atoms with Crippen molar-refractivity contribution in [2.45, 2.75) is 13.1 Å². The van der Waals surface area contributed by atoms with Crippen molar-refractivity contribution in [3.63, 3.8) is 0 Å². The third-order valence-corrected chi connectivity index (χ3v) is 2.36. The van der Waals surface area contributed by atoms with Crippen molar-refractivity contribution in [1.29, 1.82) is 0 Å². The Morgan fingerprint density at radius 2 is 2.22 bits per heavy atom. The molecule has 1 N–H and O–H groups in total. The van der Waals surface area contributed by atoms with Gasteiger partial charge in [-0.3, -0.25) is 10.1 Å². The number of rotatable bonds is 5. The Bertz CT molecular complexity index is 542. The highest BCUT2D eigenvalue weighted by molar-refractivity contribution is 5.36. The maximum Gasteiger partial charge on any atom is 0.305 e. The lowest BCUT2D eigenvalue weighted by atomic mass is 10.2. The average molecular weight is 251 g/mol. The summed E-state index contributed by atoms with van der Waals surface area (Å²) in [6.45, 7) is 0.552. The predicted octanol–water partition coefficient (Wildman–Crippen LogP) is 2.01. The molecule has 0 saturated carbocycles. The number of nitro benzene ring substituents is 1. The molecule has 0 spiro atoms. The fourth-order valence-corrected chi connectivity index (χ4v) is 1.50. The standard InChI is InChI=1S/C11H10FN3O3/c12-11-8(2-1-3-10(11)15(16)17)6-13-7-9-4-5-14-18-9/h1-5,13H,6-7H2. The third kappa shape index (κ3) is 2.69. The summed E-state index contributed by atoms with van der Waals surface area (Å²) in [4.78, 5) is 9.82. The molecule has 0 fully saturated rings. The molecule has 0 atom stereocenters. The lowest BCUT2D eigenvalue weighted by molar-refractivity contribution is -0.387. The van der Waals surface area contributed by atoms with Crippen LogP contribution < -0.4 is 5.32 Å². The summed E-state index contributed by atoms with van der Waals surface area (Å²) in [5.74, 6) is -0.201. The van der Waals surface area contributed by atoms with Crippen molar-refractivity contribution < 1.29 is 13.8 Å². The van der Waals surface area contributed by atoms with E-state index in [2.05, 4.69) is 10.5 Å². The van der Waals surface area contributed by atoms with Gasteiger partial charge in [0.15, 0.2) is 0 Å². The molecule has 0 aliphatic carbocycles. The Balaban J connectivity index is 2.01. The van der Waals surface area contributed by atoms with Gasteiger partial charge in [0, 0.05) is 24.2 Å². The molecular formula is C11H10FN3O3. The summed E-state index contributed by atoms with van der Waals surface area (Å²) in [6, 6.07) is 5.76. The van der Waals surface area contributed by atoms with Gasteiger partial charge in [-0.2, -0.15) is 4.39 Å². The number of benzene rings is 1. The first-order chi connectivity index (χ1) is 8.68. The molecule has 7 heteroatoms. The van der Waals surface area contributed by atoms with Gasteiger partial charge in [-0.25, -0.2) is 0 Å². The zero-order valence-electron chi connectivity index (χ0n) is 9.30. The van der Waals surface area contributed by atoms with Crippen LogP contribution in [0.2, 0.25) is 0 Å². The largest absolute Gasteiger partial charge is 0.360 e. The molecule has 0 radical (unpaired) electrons. The molecule has 18 heavy (non-hydrogen) atoms. The van der Waals surface area contributed by atoms with Gasteiger partial charge in [0.1, 0.15) is 5.76 Å². The van der Waals surface area contributed by atoms with Gasteiger partial charge in [0.05, 0.1) is 17.7 Å². The third-order valence-electron chi connectivity index (χ3n) is 2.36. The molecular weight excluding hydrogens is 241 g/mol. The number of hydrogen-bond donors (Lipinski definition) is 1. The second-order valence-electron chi connectivity index (χ2n) is 3.59. The van der Waals surface area contributed by atoms with Crippen molar-refractivity contribution in [3.8, 4) is 0 Å². The lowest BCUT2D eigenvalue weighted by Gasteiger charge is -2.04. The summed E-state index contributed by atoms with van der Waals surface area (Å²) >= 11 is 0. The predicted molar refractivity (Wildman–Crippen MR) is 60.1 cm³/mol. The van der Waals surface area contributed by atoms with E-state index in [4.69, 9.17) is 4.52 Å². The van der Waals surface area contributed by atoms with Crippen LogP contribution in [0.15, 0.2) is 35.0 Å². The van der Waals surface area contributed by atoms with Crippen molar-refractivity contribution >= 4 is 5.69 Å². The van der Waals surface area contributed by atoms with Gasteiger partial charge >= 0.3 is 5.69 Å². The first kappa shape index (κ1) is 12.2. The Morgan fingerprint density at radius 3 is 2.89 bits per heavy atom. The molecule has 0 saturated heterocycles. The van der Waals surface area contributed by atoms with Gasteiger partial charge in [-0.05, 0) is 0 Å². The summed E-state index contributed by atoms with van der Waals surface area (Å²) in [7, 11) is 0. The van der Waals surface area contributed by atoms with Crippen molar-refractivity contribution in [3.05, 3.63) is 57.7 Å². The smallest absolute Gasteiger partial charge is 0.305 e. The van der Waals surface area contributed by atoms with Crippen molar-refractivity contribution in [1.82, 2.24) is 10.5 Å². The number of hydrogen-bond acceptors (Lipinski definition) is 5. The van der Waals surface area contributed by atoms with Crippen LogP contribution in [0.25, 0.3) is 0 Å². The maximum absolute atomic E-state index is 13.7. The van der Waals surface area contributed by atoms with E-state index >= 15 is 0 Å². The highest BCUT2D eigenvalue weighted by atomic mass is 19.1. The Hall–Kier alpha value is -2.28. The Morgan fingerprint density at radius 1 is 1.39 bits per heavy atom. The summed E-state index contributed by atoms with van der Waals surface area (Å²) in [5.41, 5.74) is -0.280. The van der Waals surface area contributed by atoms with Crippen LogP contribution in [0.1, 0.15) is 11.3 Å². The monoisotopic (exact) mass is 251 g/mol. The molecule has 0 unspecified atom stereocenters. The van der Waals surface area contributed by atoms with Gasteiger partial charge < -0.3 is 9.84 Å². The number of aromatic nitrogens is 1. The maximum atomic E-state index is 13.7. The first-order valence-electron chi connectivity index (χ1n) is 5.20. The zero-order chi connectivity index (χ0) is 13.0. The molecule has 1 heterocycles. The van der Waals surface area contributed by atoms with E-state index in [1.54, 1.807) is 6.07 Å². The molecule has 1 aromatic heterocycles. The minimum Gasteiger partial charge on any atom is -0.360 e. The van der Waals surface area contributed by atoms with E-state index in [0.717, 1.165) is 6.07 Å². The average Bonchev–Trinajstić information content (AvgIpc) is 2.84. The van der Waals surface area contributed by atoms with E-state index in [1.807, 2.05) is 0 Å². The zero-order valence-corrected chi connectivity index (χ0v) is 9.30. The fraction of sp³-hybridized carbons (Fsp3) is 0.182. The Kier molecular flexibility index (Phi) is 3.63. The highest BCUT2D eigenvalue weighted by Gasteiger charge is 2.16. The molecule has 0 aliphatic heterocycles. The molecule has 2 rings (SSSR count). The number of nitro groups is 1. The molecule has 0 amide bonds. The molecule has 0 bridgehead atoms. The second-order valence-corrected chi connectivity index (χ2v) is 3.59. The summed E-state index contributed by atoms with van der Waals surface area (Å²) < 4.78 is 18.5. The van der Waals surface area contributed by atoms with E-state index in [0.29, 0.717) is 12.3 Å². The van der Waals surface area contributed by atoms with Crippen LogP contribution >= 0.6 is 0 Å². The topological polar surface area (TPSA) is 81.2 Å². The number of halogens is 1. The molecule has 6 nitrogen and oxygen atoms in total. The van der Waals surface area contributed by atoms with Gasteiger partial charge in [0.2, 0.25) is 5.82 Å². The van der Waals surface area contributed by atoms with E-state index in [-0.39, 0.29) is 12.1 Å². The SMILES string of the molecule is O=[N+]([O-])c1cccc(CNCc2ccno2)c1F. The van der Waals surface area contributed by atoms with Crippen LogP contribution in [0.3, 0.4) is 0 Å². The van der Waals surface area contributed by atoms with Gasteiger partial charge in [-0.15, -0.1) is 0 Å². The van der Waals surface area contributed by atoms with E-state index in [1.165, 1.54) is 18.3 Å². The molecule has 94 valence electrons. The van der Waals surface area contributed by atoms with Crippen LogP contribution in [-0.4, -0.2) is 10.1 Å². The van der Waals surface area contributed by atoms with E-state index in [9.17, 15) is 14.5 Å². The summed E-state index contributed by atoms with van der Waals surface area (Å²) in [5, 5.41) is 17.0. The van der Waals surface area contributed by atoms with Crippen molar-refractivity contribution in [2.75, 3.05) is 0 Å². The molecule has 2 aromatic rings. The minimum atomic E-state index is -0.812. The van der Waals surface area contributed by atoms with E-state index < -0.39 is 16.4 Å². The second kappa shape index (κ2) is 5.37. The Labute approximate surface area is 102 Å². The van der Waals surface area contributed by atoms with Crippen LogP contribution in [-0.2, 0) is 13.1 Å². The van der Waals surface area contributed by atoms with Crippen LogP contribution in [0.4, 0.5) is 10.1 Å². The van der Waals surface area contributed by atoms with Gasteiger partial charge in [-0.1, -0.05) is 17.3 Å². The van der Waals surface area contributed by atoms with Crippen LogP contribution in [0.5, 0.6) is 0 Å². The lowest BCUT2D eigenvalue weighted by Crippen LogP contribution is -2.13. The van der Waals surface area contributed by atoms with Gasteiger partial charge in [0.25, 0.3) is 0 Å². The number of nitrogens with zero attached hydrogens (tertiary/aromatic N) is 2. The summed E-state index contributed by atoms with van der Waals surface area (Å²) in [6.07, 6.45) is 1.50. The molecule has 0 aliphatic rings. The molecule has 1 aromatic carbocycles. The fourth-order valence-electron chi connectivity index (χ4n) is 1.50. The normalized spacial score (nSPS) is 10.5. The van der Waals surface area contributed by atoms with Crippen molar-refractivity contribution in [2.24, 2.45) is 0 Å². The minimum absolute atomic E-state index is 0.175.